The number of ketones is 2. The standard InChI is InChI=1S/C27H24F2N2O2/c1-18-6-2-3-7-19(18)17-30-10-12-31(13-11-30)27(20-14-21(28)16-22(29)15-20)25(32)23-8-4-5-9-24(23)26(27)33/h2-9,14-16H,10-13,17H2,1H3. The van der Waals surface area contributed by atoms with E-state index in [0.717, 1.165) is 24.7 Å². The first-order chi connectivity index (χ1) is 15.9. The van der Waals surface area contributed by atoms with Crippen molar-refractivity contribution < 1.29 is 18.4 Å². The van der Waals surface area contributed by atoms with Crippen molar-refractivity contribution in [1.82, 2.24) is 9.80 Å². The van der Waals surface area contributed by atoms with Crippen LogP contribution in [0.2, 0.25) is 0 Å². The van der Waals surface area contributed by atoms with Gasteiger partial charge in [0.15, 0.2) is 17.1 Å². The van der Waals surface area contributed by atoms with E-state index in [0.29, 0.717) is 37.3 Å². The summed E-state index contributed by atoms with van der Waals surface area (Å²) in [7, 11) is 0. The Morgan fingerprint density at radius 1 is 0.788 bits per heavy atom. The van der Waals surface area contributed by atoms with Crippen LogP contribution in [0.5, 0.6) is 0 Å². The topological polar surface area (TPSA) is 40.6 Å². The van der Waals surface area contributed by atoms with Crippen LogP contribution in [0.4, 0.5) is 8.78 Å². The normalized spacial score (nSPS) is 18.5. The van der Waals surface area contributed by atoms with Gasteiger partial charge in [0.05, 0.1) is 0 Å². The first-order valence-corrected chi connectivity index (χ1v) is 11.1. The molecule has 0 saturated carbocycles. The molecule has 5 rings (SSSR count). The molecule has 3 aromatic rings. The van der Waals surface area contributed by atoms with E-state index in [4.69, 9.17) is 0 Å². The lowest BCUT2D eigenvalue weighted by molar-refractivity contribution is 0.0277. The predicted octanol–water partition coefficient (Wildman–Crippen LogP) is 4.37. The second-order valence-corrected chi connectivity index (χ2v) is 8.76. The van der Waals surface area contributed by atoms with Gasteiger partial charge in [0.25, 0.3) is 0 Å². The van der Waals surface area contributed by atoms with Crippen LogP contribution in [0.15, 0.2) is 66.7 Å². The quantitative estimate of drug-likeness (QED) is 0.559. The Morgan fingerprint density at radius 2 is 1.33 bits per heavy atom. The zero-order valence-corrected chi connectivity index (χ0v) is 18.4. The van der Waals surface area contributed by atoms with Crippen LogP contribution in [0.3, 0.4) is 0 Å². The molecule has 1 aliphatic heterocycles. The van der Waals surface area contributed by atoms with Crippen LogP contribution in [0, 0.1) is 18.6 Å². The van der Waals surface area contributed by atoms with E-state index in [9.17, 15) is 18.4 Å². The first-order valence-electron chi connectivity index (χ1n) is 11.1. The Hall–Kier alpha value is -3.22. The van der Waals surface area contributed by atoms with E-state index in [1.807, 2.05) is 12.1 Å². The number of piperazine rings is 1. The van der Waals surface area contributed by atoms with Crippen LogP contribution in [-0.4, -0.2) is 47.5 Å². The number of halogens is 2. The molecule has 6 heteroatoms. The highest BCUT2D eigenvalue weighted by atomic mass is 19.1. The first kappa shape index (κ1) is 21.6. The zero-order chi connectivity index (χ0) is 23.2. The molecule has 168 valence electrons. The van der Waals surface area contributed by atoms with Gasteiger partial charge in [-0.15, -0.1) is 0 Å². The van der Waals surface area contributed by atoms with Gasteiger partial charge in [-0.05, 0) is 35.7 Å². The van der Waals surface area contributed by atoms with Gasteiger partial charge < -0.3 is 0 Å². The van der Waals surface area contributed by atoms with E-state index in [-0.39, 0.29) is 5.56 Å². The van der Waals surface area contributed by atoms with Crippen LogP contribution in [-0.2, 0) is 12.1 Å². The Morgan fingerprint density at radius 3 is 1.91 bits per heavy atom. The van der Waals surface area contributed by atoms with Gasteiger partial charge in [-0.2, -0.15) is 0 Å². The molecule has 1 heterocycles. The molecule has 0 bridgehead atoms. The molecular formula is C27H24F2N2O2. The van der Waals surface area contributed by atoms with Crippen molar-refractivity contribution in [3.63, 3.8) is 0 Å². The van der Waals surface area contributed by atoms with Gasteiger partial charge in [0, 0.05) is 49.9 Å². The molecule has 0 atom stereocenters. The number of aryl methyl sites for hydroxylation is 1. The number of carbonyl (C=O) groups excluding carboxylic acids is 2. The highest BCUT2D eigenvalue weighted by molar-refractivity contribution is 6.32. The SMILES string of the molecule is Cc1ccccc1CN1CCN(C2(c3cc(F)cc(F)c3)C(=O)c3ccccc3C2=O)CC1. The van der Waals surface area contributed by atoms with Crippen LogP contribution < -0.4 is 0 Å². The van der Waals surface area contributed by atoms with Crippen molar-refractivity contribution in [2.24, 2.45) is 0 Å². The maximum Gasteiger partial charge on any atom is 0.196 e. The van der Waals surface area contributed by atoms with E-state index in [2.05, 4.69) is 24.0 Å². The number of rotatable bonds is 4. The Kier molecular flexibility index (Phi) is 5.43. The lowest BCUT2D eigenvalue weighted by Gasteiger charge is -2.44. The smallest absolute Gasteiger partial charge is 0.196 e. The van der Waals surface area contributed by atoms with Crippen molar-refractivity contribution in [3.8, 4) is 0 Å². The van der Waals surface area contributed by atoms with Gasteiger partial charge in [-0.1, -0.05) is 48.5 Å². The van der Waals surface area contributed by atoms with Gasteiger partial charge >= 0.3 is 0 Å². The number of nitrogens with zero attached hydrogens (tertiary/aromatic N) is 2. The van der Waals surface area contributed by atoms with Crippen molar-refractivity contribution in [3.05, 3.63) is 106 Å². The molecule has 33 heavy (non-hydrogen) atoms. The molecule has 1 aliphatic carbocycles. The van der Waals surface area contributed by atoms with E-state index in [1.165, 1.54) is 11.1 Å². The van der Waals surface area contributed by atoms with E-state index in [1.54, 1.807) is 29.2 Å². The molecule has 0 unspecified atom stereocenters. The number of fused-ring (bicyclic) bond motifs is 1. The third kappa shape index (κ3) is 3.50. The number of hydrogen-bond acceptors (Lipinski definition) is 4. The second-order valence-electron chi connectivity index (χ2n) is 8.76. The lowest BCUT2D eigenvalue weighted by Crippen LogP contribution is -2.60. The molecule has 2 aliphatic rings. The highest BCUT2D eigenvalue weighted by Gasteiger charge is 2.58. The molecule has 1 saturated heterocycles. The molecular weight excluding hydrogens is 422 g/mol. The molecule has 0 radical (unpaired) electrons. The monoisotopic (exact) mass is 446 g/mol. The molecule has 3 aromatic carbocycles. The molecule has 0 aromatic heterocycles. The van der Waals surface area contributed by atoms with E-state index < -0.39 is 28.7 Å². The summed E-state index contributed by atoms with van der Waals surface area (Å²) in [4.78, 5) is 31.6. The van der Waals surface area contributed by atoms with Crippen molar-refractivity contribution in [2.45, 2.75) is 19.0 Å². The third-order valence-corrected chi connectivity index (χ3v) is 6.86. The summed E-state index contributed by atoms with van der Waals surface area (Å²) in [5.41, 5.74) is 1.35. The minimum Gasteiger partial charge on any atom is -0.297 e. The van der Waals surface area contributed by atoms with Crippen LogP contribution in [0.1, 0.15) is 37.4 Å². The molecule has 4 nitrogen and oxygen atoms in total. The largest absolute Gasteiger partial charge is 0.297 e. The summed E-state index contributed by atoms with van der Waals surface area (Å²) in [5.74, 6) is -2.45. The summed E-state index contributed by atoms with van der Waals surface area (Å²) < 4.78 is 28.5. The molecule has 0 spiro atoms. The maximum absolute atomic E-state index is 14.3. The number of carbonyl (C=O) groups is 2. The van der Waals surface area contributed by atoms with Crippen molar-refractivity contribution >= 4 is 11.6 Å². The summed E-state index contributed by atoms with van der Waals surface area (Å²) in [5, 5.41) is 0. The minimum absolute atomic E-state index is 0.0542. The van der Waals surface area contributed by atoms with Crippen LogP contribution in [0.25, 0.3) is 0 Å². The van der Waals surface area contributed by atoms with Gasteiger partial charge in [0.2, 0.25) is 0 Å². The number of hydrogen-bond donors (Lipinski definition) is 0. The highest BCUT2D eigenvalue weighted by Crippen LogP contribution is 2.43. The lowest BCUT2D eigenvalue weighted by atomic mass is 9.82. The summed E-state index contributed by atoms with van der Waals surface area (Å²) in [6.45, 7) is 4.96. The van der Waals surface area contributed by atoms with E-state index >= 15 is 0 Å². The summed E-state index contributed by atoms with van der Waals surface area (Å²) >= 11 is 0. The van der Waals surface area contributed by atoms with Gasteiger partial charge in [-0.3, -0.25) is 19.4 Å². The zero-order valence-electron chi connectivity index (χ0n) is 18.4. The summed E-state index contributed by atoms with van der Waals surface area (Å²) in [6.07, 6.45) is 0. The average Bonchev–Trinajstić information content (AvgIpc) is 3.03. The van der Waals surface area contributed by atoms with Crippen molar-refractivity contribution in [2.75, 3.05) is 26.2 Å². The Labute approximate surface area is 191 Å². The Bertz CT molecular complexity index is 1190. The fourth-order valence-electron chi connectivity index (χ4n) is 5.14. The molecule has 1 fully saturated rings. The van der Waals surface area contributed by atoms with Gasteiger partial charge in [-0.25, -0.2) is 8.78 Å². The van der Waals surface area contributed by atoms with Gasteiger partial charge in [0.1, 0.15) is 11.6 Å². The van der Waals surface area contributed by atoms with Crippen LogP contribution >= 0.6 is 0 Å². The summed E-state index contributed by atoms with van der Waals surface area (Å²) in [6, 6.07) is 17.8. The third-order valence-electron chi connectivity index (χ3n) is 6.86. The average molecular weight is 446 g/mol. The maximum atomic E-state index is 14.3. The Balaban J connectivity index is 1.50. The number of Topliss-reactive ketones (excluding diaryl/α,β-unsaturated/α-hetero) is 2. The minimum atomic E-state index is -1.75. The molecule has 0 N–H and O–H groups in total. The van der Waals surface area contributed by atoms with Crippen molar-refractivity contribution in [1.29, 1.82) is 0 Å². The second kappa shape index (κ2) is 8.28. The predicted molar refractivity (Wildman–Crippen MR) is 121 cm³/mol. The fraction of sp³-hybridized carbons (Fsp3) is 0.259. The molecule has 0 amide bonds. The number of benzene rings is 3. The fourth-order valence-corrected chi connectivity index (χ4v) is 5.14.